The van der Waals surface area contributed by atoms with E-state index < -0.39 is 0 Å². The lowest BCUT2D eigenvalue weighted by molar-refractivity contribution is -0.142. The first-order valence-electron chi connectivity index (χ1n) is 6.39. The molecule has 2 aromatic rings. The minimum Gasteiger partial charge on any atom is -0.496 e. The van der Waals surface area contributed by atoms with E-state index >= 15 is 0 Å². The molecule has 0 aliphatic heterocycles. The highest BCUT2D eigenvalue weighted by atomic mass is 32.1. The molecule has 106 valence electrons. The standard InChI is InChI=1S/C15H17NO3S/c1-4-19-15(17)8-14-16-12(9-20-14)11-7-10(2)5-6-13(11)18-3/h5-7,9H,4,8H2,1-3H3. The summed E-state index contributed by atoms with van der Waals surface area (Å²) in [5, 5.41) is 2.69. The van der Waals surface area contributed by atoms with E-state index in [2.05, 4.69) is 4.98 Å². The first-order chi connectivity index (χ1) is 9.63. The van der Waals surface area contributed by atoms with Crippen LogP contribution in [-0.2, 0) is 16.0 Å². The molecule has 20 heavy (non-hydrogen) atoms. The predicted octanol–water partition coefficient (Wildman–Crippen LogP) is 3.23. The first kappa shape index (κ1) is 14.5. The van der Waals surface area contributed by atoms with Gasteiger partial charge in [0.05, 0.1) is 25.8 Å². The maximum atomic E-state index is 11.5. The normalized spacial score (nSPS) is 10.3. The molecular weight excluding hydrogens is 274 g/mol. The van der Waals surface area contributed by atoms with Gasteiger partial charge in [0.2, 0.25) is 0 Å². The molecule has 0 bridgehead atoms. The van der Waals surface area contributed by atoms with Crippen molar-refractivity contribution in [3.63, 3.8) is 0 Å². The summed E-state index contributed by atoms with van der Waals surface area (Å²) < 4.78 is 10.3. The summed E-state index contributed by atoms with van der Waals surface area (Å²) in [5.41, 5.74) is 2.91. The molecule has 5 heteroatoms. The summed E-state index contributed by atoms with van der Waals surface area (Å²) in [4.78, 5) is 15.9. The Morgan fingerprint density at radius 1 is 1.40 bits per heavy atom. The van der Waals surface area contributed by atoms with Gasteiger partial charge in [0.1, 0.15) is 10.8 Å². The van der Waals surface area contributed by atoms with Crippen LogP contribution in [0.4, 0.5) is 0 Å². The highest BCUT2D eigenvalue weighted by molar-refractivity contribution is 7.10. The van der Waals surface area contributed by atoms with Crippen molar-refractivity contribution in [3.8, 4) is 17.0 Å². The van der Waals surface area contributed by atoms with E-state index in [-0.39, 0.29) is 12.4 Å². The van der Waals surface area contributed by atoms with Crippen LogP contribution in [0.15, 0.2) is 23.6 Å². The maximum Gasteiger partial charge on any atom is 0.312 e. The molecule has 0 saturated carbocycles. The fourth-order valence-corrected chi connectivity index (χ4v) is 2.65. The number of aromatic nitrogens is 1. The zero-order chi connectivity index (χ0) is 14.5. The monoisotopic (exact) mass is 291 g/mol. The average molecular weight is 291 g/mol. The van der Waals surface area contributed by atoms with Crippen molar-refractivity contribution >= 4 is 17.3 Å². The van der Waals surface area contributed by atoms with Crippen molar-refractivity contribution in [2.45, 2.75) is 20.3 Å². The van der Waals surface area contributed by atoms with E-state index in [9.17, 15) is 4.79 Å². The van der Waals surface area contributed by atoms with Gasteiger partial charge in [0.15, 0.2) is 0 Å². The van der Waals surface area contributed by atoms with Crippen molar-refractivity contribution in [2.75, 3.05) is 13.7 Å². The van der Waals surface area contributed by atoms with Gasteiger partial charge in [-0.2, -0.15) is 0 Å². The van der Waals surface area contributed by atoms with Gasteiger partial charge < -0.3 is 9.47 Å². The molecule has 0 aliphatic rings. The van der Waals surface area contributed by atoms with Crippen LogP contribution in [0.25, 0.3) is 11.3 Å². The van der Waals surface area contributed by atoms with E-state index in [1.807, 2.05) is 30.5 Å². The van der Waals surface area contributed by atoms with Gasteiger partial charge in [-0.15, -0.1) is 11.3 Å². The third-order valence-electron chi connectivity index (χ3n) is 2.78. The van der Waals surface area contributed by atoms with Crippen LogP contribution in [0, 0.1) is 6.92 Å². The van der Waals surface area contributed by atoms with Gasteiger partial charge in [0.25, 0.3) is 0 Å². The number of rotatable bonds is 5. The van der Waals surface area contributed by atoms with E-state index in [1.165, 1.54) is 11.3 Å². The van der Waals surface area contributed by atoms with Crippen LogP contribution in [-0.4, -0.2) is 24.7 Å². The second kappa shape index (κ2) is 6.52. The van der Waals surface area contributed by atoms with Crippen LogP contribution in [0.2, 0.25) is 0 Å². The smallest absolute Gasteiger partial charge is 0.312 e. The number of hydrogen-bond acceptors (Lipinski definition) is 5. The third kappa shape index (κ3) is 3.36. The van der Waals surface area contributed by atoms with Crippen molar-refractivity contribution in [3.05, 3.63) is 34.2 Å². The molecule has 0 saturated heterocycles. The summed E-state index contributed by atoms with van der Waals surface area (Å²) >= 11 is 1.46. The highest BCUT2D eigenvalue weighted by Crippen LogP contribution is 2.31. The summed E-state index contributed by atoms with van der Waals surface area (Å²) in [6.45, 7) is 4.21. The van der Waals surface area contributed by atoms with Gasteiger partial charge in [-0.1, -0.05) is 11.6 Å². The fraction of sp³-hybridized carbons (Fsp3) is 0.333. The van der Waals surface area contributed by atoms with E-state index in [0.29, 0.717) is 6.61 Å². The SMILES string of the molecule is CCOC(=O)Cc1nc(-c2cc(C)ccc2OC)cs1. The minimum absolute atomic E-state index is 0.215. The zero-order valence-electron chi connectivity index (χ0n) is 11.8. The van der Waals surface area contributed by atoms with Crippen molar-refractivity contribution in [1.82, 2.24) is 4.98 Å². The van der Waals surface area contributed by atoms with Crippen LogP contribution < -0.4 is 4.74 Å². The summed E-state index contributed by atoms with van der Waals surface area (Å²) in [5.74, 6) is 0.535. The number of thiazole rings is 1. The van der Waals surface area contributed by atoms with Gasteiger partial charge in [-0.25, -0.2) is 4.98 Å². The quantitative estimate of drug-likeness (QED) is 0.794. The topological polar surface area (TPSA) is 48.4 Å². The molecule has 0 atom stereocenters. The number of carbonyl (C=O) groups excluding carboxylic acids is 1. The van der Waals surface area contributed by atoms with Gasteiger partial charge in [0, 0.05) is 10.9 Å². The van der Waals surface area contributed by atoms with Gasteiger partial charge in [-0.3, -0.25) is 4.79 Å². The molecule has 0 aliphatic carbocycles. The first-order valence-corrected chi connectivity index (χ1v) is 7.27. The number of aryl methyl sites for hydroxylation is 1. The number of methoxy groups -OCH3 is 1. The molecule has 0 spiro atoms. The summed E-state index contributed by atoms with van der Waals surface area (Å²) in [7, 11) is 1.64. The Morgan fingerprint density at radius 3 is 2.90 bits per heavy atom. The Labute approximate surface area is 122 Å². The Balaban J connectivity index is 2.24. The zero-order valence-corrected chi connectivity index (χ0v) is 12.6. The van der Waals surface area contributed by atoms with Crippen LogP contribution >= 0.6 is 11.3 Å². The molecule has 0 amide bonds. The second-order valence-corrected chi connectivity index (χ2v) is 5.25. The Bertz CT molecular complexity index is 607. The van der Waals surface area contributed by atoms with Crippen molar-refractivity contribution in [2.24, 2.45) is 0 Å². The highest BCUT2D eigenvalue weighted by Gasteiger charge is 2.12. The molecular formula is C15H17NO3S. The number of ether oxygens (including phenoxy) is 2. The van der Waals surface area contributed by atoms with E-state index in [0.717, 1.165) is 27.6 Å². The lowest BCUT2D eigenvalue weighted by atomic mass is 10.1. The van der Waals surface area contributed by atoms with Crippen LogP contribution in [0.1, 0.15) is 17.5 Å². The van der Waals surface area contributed by atoms with Crippen LogP contribution in [0.5, 0.6) is 5.75 Å². The predicted molar refractivity (Wildman–Crippen MR) is 79.2 cm³/mol. The molecule has 1 aromatic heterocycles. The molecule has 0 radical (unpaired) electrons. The van der Waals surface area contributed by atoms with Gasteiger partial charge >= 0.3 is 5.97 Å². The Hall–Kier alpha value is -1.88. The largest absolute Gasteiger partial charge is 0.496 e. The van der Waals surface area contributed by atoms with Crippen molar-refractivity contribution < 1.29 is 14.3 Å². The number of carbonyl (C=O) groups is 1. The summed E-state index contributed by atoms with van der Waals surface area (Å²) in [6, 6.07) is 5.95. The maximum absolute atomic E-state index is 11.5. The molecule has 0 N–H and O–H groups in total. The molecule has 1 heterocycles. The van der Waals surface area contributed by atoms with Crippen LogP contribution in [0.3, 0.4) is 0 Å². The fourth-order valence-electron chi connectivity index (χ4n) is 1.87. The number of benzene rings is 1. The average Bonchev–Trinajstić information content (AvgIpc) is 2.87. The molecule has 1 aromatic carbocycles. The number of hydrogen-bond donors (Lipinski definition) is 0. The third-order valence-corrected chi connectivity index (χ3v) is 3.63. The minimum atomic E-state index is -0.246. The second-order valence-electron chi connectivity index (χ2n) is 4.31. The lowest BCUT2D eigenvalue weighted by Crippen LogP contribution is -2.07. The van der Waals surface area contributed by atoms with Gasteiger partial charge in [-0.05, 0) is 26.0 Å². The lowest BCUT2D eigenvalue weighted by Gasteiger charge is -2.07. The number of nitrogens with zero attached hydrogens (tertiary/aromatic N) is 1. The Kier molecular flexibility index (Phi) is 4.74. The van der Waals surface area contributed by atoms with E-state index in [1.54, 1.807) is 14.0 Å². The van der Waals surface area contributed by atoms with Crippen molar-refractivity contribution in [1.29, 1.82) is 0 Å². The molecule has 4 nitrogen and oxygen atoms in total. The van der Waals surface area contributed by atoms with E-state index in [4.69, 9.17) is 9.47 Å². The molecule has 0 unspecified atom stereocenters. The summed E-state index contributed by atoms with van der Waals surface area (Å²) in [6.07, 6.45) is 0.215. The molecule has 2 rings (SSSR count). The molecule has 0 fully saturated rings. The number of esters is 1. The Morgan fingerprint density at radius 2 is 2.20 bits per heavy atom.